The molecular weight excluding hydrogens is 555 g/mol. The van der Waals surface area contributed by atoms with Crippen LogP contribution in [0.4, 0.5) is 22.0 Å². The molecule has 42 heavy (non-hydrogen) atoms. The molecule has 1 atom stereocenters. The van der Waals surface area contributed by atoms with Crippen molar-refractivity contribution in [3.8, 4) is 11.1 Å². The van der Waals surface area contributed by atoms with Crippen LogP contribution in [0, 0.1) is 11.6 Å². The fourth-order valence-corrected chi connectivity index (χ4v) is 4.76. The van der Waals surface area contributed by atoms with Gasteiger partial charge in [0, 0.05) is 18.1 Å². The average molecular weight is 579 g/mol. The maximum absolute atomic E-state index is 14.1. The summed E-state index contributed by atoms with van der Waals surface area (Å²) in [4.78, 5) is 24.9. The summed E-state index contributed by atoms with van der Waals surface area (Å²) in [5.74, 6) is -3.63. The van der Waals surface area contributed by atoms with E-state index >= 15 is 0 Å². The Morgan fingerprint density at radius 3 is 2.17 bits per heavy atom. The van der Waals surface area contributed by atoms with E-state index in [9.17, 15) is 31.5 Å². The van der Waals surface area contributed by atoms with Crippen molar-refractivity contribution in [2.24, 2.45) is 0 Å². The Morgan fingerprint density at radius 2 is 1.55 bits per heavy atom. The zero-order valence-corrected chi connectivity index (χ0v) is 22.0. The average Bonchev–Trinajstić information content (AvgIpc) is 3.36. The van der Waals surface area contributed by atoms with Gasteiger partial charge in [0.05, 0.1) is 28.2 Å². The highest BCUT2D eigenvalue weighted by molar-refractivity contribution is 6.08. The van der Waals surface area contributed by atoms with Crippen LogP contribution in [0.15, 0.2) is 91.1 Å². The van der Waals surface area contributed by atoms with Crippen LogP contribution >= 0.6 is 0 Å². The number of carboxylic acid groups (broad SMARTS) is 1. The van der Waals surface area contributed by atoms with Crippen molar-refractivity contribution >= 4 is 22.8 Å². The summed E-state index contributed by atoms with van der Waals surface area (Å²) in [6.07, 6.45) is -2.77. The number of nitrogens with zero attached hydrogens (tertiary/aromatic N) is 1. The van der Waals surface area contributed by atoms with Gasteiger partial charge in [-0.2, -0.15) is 13.2 Å². The number of aromatic nitrogens is 1. The Morgan fingerprint density at radius 1 is 0.857 bits per heavy atom. The highest BCUT2D eigenvalue weighted by atomic mass is 19.4. The maximum Gasteiger partial charge on any atom is 0.416 e. The van der Waals surface area contributed by atoms with Gasteiger partial charge >= 0.3 is 12.1 Å². The Bertz CT molecular complexity index is 1790. The molecule has 0 unspecified atom stereocenters. The SMILES string of the molecule is C[C@H](NC(=O)c1cc(-c2ccc(F)c(F)c2)cc2ccn(Cc3ccc(C(F)(F)F)cc3)c12)c1ccc(C(=O)O)cc1. The van der Waals surface area contributed by atoms with Crippen LogP contribution in [0.5, 0.6) is 0 Å². The minimum Gasteiger partial charge on any atom is -0.478 e. The largest absolute Gasteiger partial charge is 0.478 e. The number of carbonyl (C=O) groups is 2. The zero-order chi connectivity index (χ0) is 30.2. The van der Waals surface area contributed by atoms with E-state index in [2.05, 4.69) is 5.32 Å². The summed E-state index contributed by atoms with van der Waals surface area (Å²) >= 11 is 0. The van der Waals surface area contributed by atoms with Crippen molar-refractivity contribution in [1.82, 2.24) is 9.88 Å². The number of aromatic carboxylic acids is 1. The van der Waals surface area contributed by atoms with Gasteiger partial charge in [-0.15, -0.1) is 0 Å². The van der Waals surface area contributed by atoms with Gasteiger partial charge in [0.1, 0.15) is 0 Å². The van der Waals surface area contributed by atoms with E-state index in [1.54, 1.807) is 48.0 Å². The van der Waals surface area contributed by atoms with Crippen LogP contribution in [-0.4, -0.2) is 21.6 Å². The Labute approximate surface area is 236 Å². The molecule has 0 aliphatic carbocycles. The summed E-state index contributed by atoms with van der Waals surface area (Å²) in [6, 6.07) is 18.7. The molecule has 10 heteroatoms. The minimum absolute atomic E-state index is 0.0966. The first-order valence-corrected chi connectivity index (χ1v) is 12.8. The highest BCUT2D eigenvalue weighted by Crippen LogP contribution is 2.32. The summed E-state index contributed by atoms with van der Waals surface area (Å²) in [7, 11) is 0. The lowest BCUT2D eigenvalue weighted by Gasteiger charge is -2.17. The third-order valence-electron chi connectivity index (χ3n) is 7.00. The highest BCUT2D eigenvalue weighted by Gasteiger charge is 2.30. The predicted octanol–water partition coefficient (Wildman–Crippen LogP) is 7.84. The molecule has 5 rings (SSSR count). The van der Waals surface area contributed by atoms with Crippen molar-refractivity contribution in [2.75, 3.05) is 0 Å². The quantitative estimate of drug-likeness (QED) is 0.193. The minimum atomic E-state index is -4.47. The first kappa shape index (κ1) is 28.5. The van der Waals surface area contributed by atoms with Gasteiger partial charge in [0.15, 0.2) is 11.6 Å². The number of carbonyl (C=O) groups excluding carboxylic acids is 1. The molecule has 5 nitrogen and oxygen atoms in total. The van der Waals surface area contributed by atoms with Crippen molar-refractivity contribution in [3.63, 3.8) is 0 Å². The molecule has 0 saturated heterocycles. The van der Waals surface area contributed by atoms with E-state index < -0.39 is 41.3 Å². The number of amides is 1. The Hall–Kier alpha value is -4.99. The lowest BCUT2D eigenvalue weighted by atomic mass is 9.99. The summed E-state index contributed by atoms with van der Waals surface area (Å²) in [5.41, 5.74) is 2.05. The molecule has 0 saturated carbocycles. The molecule has 0 bridgehead atoms. The monoisotopic (exact) mass is 578 g/mol. The molecule has 0 aliphatic heterocycles. The molecule has 1 amide bonds. The van der Waals surface area contributed by atoms with E-state index in [1.165, 1.54) is 30.3 Å². The standard InChI is InChI=1S/C32H23F5N2O3/c1-18(20-4-6-21(7-5-20)31(41)42)38-30(40)26-15-24(22-8-11-27(33)28(34)16-22)14-23-12-13-39(29(23)26)17-19-2-9-25(10-3-19)32(35,36)37/h2-16,18H,17H2,1H3,(H,38,40)(H,41,42)/t18-/m0/s1. The number of halogens is 5. The molecular formula is C32H23F5N2O3. The number of carboxylic acids is 1. The molecule has 1 heterocycles. The van der Waals surface area contributed by atoms with Crippen LogP contribution in [-0.2, 0) is 12.7 Å². The second-order valence-corrected chi connectivity index (χ2v) is 9.85. The smallest absolute Gasteiger partial charge is 0.416 e. The van der Waals surface area contributed by atoms with Gasteiger partial charge in [-0.05, 0) is 83.8 Å². The first-order chi connectivity index (χ1) is 19.9. The van der Waals surface area contributed by atoms with Gasteiger partial charge in [0.2, 0.25) is 0 Å². The molecule has 5 aromatic rings. The second kappa shape index (κ2) is 11.1. The third kappa shape index (κ3) is 5.88. The summed E-state index contributed by atoms with van der Waals surface area (Å²) in [5, 5.41) is 12.7. The van der Waals surface area contributed by atoms with Gasteiger partial charge in [-0.1, -0.05) is 30.3 Å². The normalized spacial score (nSPS) is 12.3. The van der Waals surface area contributed by atoms with E-state index in [1.807, 2.05) is 0 Å². The first-order valence-electron chi connectivity index (χ1n) is 12.8. The van der Waals surface area contributed by atoms with Gasteiger partial charge < -0.3 is 15.0 Å². The summed E-state index contributed by atoms with van der Waals surface area (Å²) in [6.45, 7) is 1.89. The number of hydrogen-bond acceptors (Lipinski definition) is 2. The Balaban J connectivity index is 1.54. The number of hydrogen-bond donors (Lipinski definition) is 2. The number of rotatable bonds is 7. The van der Waals surface area contributed by atoms with Gasteiger partial charge in [0.25, 0.3) is 5.91 Å². The van der Waals surface area contributed by atoms with Crippen LogP contribution in [0.2, 0.25) is 0 Å². The lowest BCUT2D eigenvalue weighted by molar-refractivity contribution is -0.137. The molecule has 2 N–H and O–H groups in total. The molecule has 0 spiro atoms. The number of nitrogens with one attached hydrogen (secondary N) is 1. The number of fused-ring (bicyclic) bond motifs is 1. The summed E-state index contributed by atoms with van der Waals surface area (Å²) < 4.78 is 68.5. The van der Waals surface area contributed by atoms with Crippen molar-refractivity contribution in [2.45, 2.75) is 25.7 Å². The van der Waals surface area contributed by atoms with Gasteiger partial charge in [-0.3, -0.25) is 4.79 Å². The number of alkyl halides is 3. The number of benzene rings is 4. The fourth-order valence-electron chi connectivity index (χ4n) is 4.76. The second-order valence-electron chi connectivity index (χ2n) is 9.85. The van der Waals surface area contributed by atoms with E-state index in [0.29, 0.717) is 33.2 Å². The molecule has 214 valence electrons. The fraction of sp³-hybridized carbons (Fsp3) is 0.125. The molecule has 0 fully saturated rings. The topological polar surface area (TPSA) is 71.3 Å². The lowest BCUT2D eigenvalue weighted by Crippen LogP contribution is -2.27. The zero-order valence-electron chi connectivity index (χ0n) is 22.0. The van der Waals surface area contributed by atoms with Crippen molar-refractivity contribution in [3.05, 3.63) is 131 Å². The molecule has 0 radical (unpaired) electrons. The van der Waals surface area contributed by atoms with Crippen molar-refractivity contribution < 1.29 is 36.6 Å². The molecule has 1 aromatic heterocycles. The van der Waals surface area contributed by atoms with Crippen LogP contribution < -0.4 is 5.32 Å². The molecule has 4 aromatic carbocycles. The van der Waals surface area contributed by atoms with Crippen LogP contribution in [0.3, 0.4) is 0 Å². The van der Waals surface area contributed by atoms with Crippen LogP contribution in [0.1, 0.15) is 50.4 Å². The Kier molecular flexibility index (Phi) is 7.55. The predicted molar refractivity (Wildman–Crippen MR) is 147 cm³/mol. The van der Waals surface area contributed by atoms with E-state index in [4.69, 9.17) is 5.11 Å². The molecule has 0 aliphatic rings. The van der Waals surface area contributed by atoms with E-state index in [0.717, 1.165) is 24.3 Å². The van der Waals surface area contributed by atoms with Crippen LogP contribution in [0.25, 0.3) is 22.0 Å². The van der Waals surface area contributed by atoms with Gasteiger partial charge in [-0.25, -0.2) is 13.6 Å². The van der Waals surface area contributed by atoms with Crippen molar-refractivity contribution in [1.29, 1.82) is 0 Å². The third-order valence-corrected chi connectivity index (χ3v) is 7.00. The van der Waals surface area contributed by atoms with E-state index in [-0.39, 0.29) is 17.7 Å². The maximum atomic E-state index is 14.1.